The molecule has 0 aliphatic carbocycles. The minimum absolute atomic E-state index is 0.0979. The van der Waals surface area contributed by atoms with Crippen LogP contribution in [0.5, 0.6) is 0 Å². The third-order valence-electron chi connectivity index (χ3n) is 3.44. The van der Waals surface area contributed by atoms with Gasteiger partial charge in [-0.3, -0.25) is 4.79 Å². The van der Waals surface area contributed by atoms with E-state index in [4.69, 9.17) is 5.11 Å². The van der Waals surface area contributed by atoms with Gasteiger partial charge in [0.05, 0.1) is 16.8 Å². The molecule has 0 amide bonds. The van der Waals surface area contributed by atoms with Crippen molar-refractivity contribution in [2.24, 2.45) is 0 Å². The van der Waals surface area contributed by atoms with Crippen LogP contribution in [0.15, 0.2) is 5.16 Å². The Morgan fingerprint density at radius 1 is 1.48 bits per heavy atom. The number of rotatable bonds is 6. The van der Waals surface area contributed by atoms with Crippen molar-refractivity contribution in [1.82, 2.24) is 14.8 Å². The summed E-state index contributed by atoms with van der Waals surface area (Å²) in [5.74, 6) is -0.0258. The molecule has 1 saturated heterocycles. The van der Waals surface area contributed by atoms with Gasteiger partial charge in [0.15, 0.2) is 15.0 Å². The Balaban J connectivity index is 2.26. The number of nitrogens with zero attached hydrogens (tertiary/aromatic N) is 3. The summed E-state index contributed by atoms with van der Waals surface area (Å²) < 4.78 is 25.8. The maximum Gasteiger partial charge on any atom is 0.313 e. The number of carbonyl (C=O) groups is 1. The monoisotopic (exact) mass is 333 g/mol. The summed E-state index contributed by atoms with van der Waals surface area (Å²) in [5.41, 5.74) is 0. The zero-order valence-corrected chi connectivity index (χ0v) is 13.7. The molecule has 1 unspecified atom stereocenters. The first-order valence-corrected chi connectivity index (χ1v) is 9.50. The summed E-state index contributed by atoms with van der Waals surface area (Å²) in [5, 5.41) is 16.9. The third-order valence-corrected chi connectivity index (χ3v) is 6.65. The Kier molecular flexibility index (Phi) is 4.92. The van der Waals surface area contributed by atoms with Crippen LogP contribution in [0.3, 0.4) is 0 Å². The van der Waals surface area contributed by atoms with Crippen LogP contribution in [-0.4, -0.2) is 51.0 Å². The maximum absolute atomic E-state index is 12.0. The average Bonchev–Trinajstić information content (AvgIpc) is 2.91. The molecule has 0 saturated carbocycles. The standard InChI is InChI=1S/C12H19N3O4S2/c1-8(2)11-13-14-12(20-7-10(16)17)15(11)6-9-4-3-5-21(9,18)19/h8-9H,3-7H2,1-2H3,(H,16,17). The van der Waals surface area contributed by atoms with Gasteiger partial charge in [-0.15, -0.1) is 10.2 Å². The van der Waals surface area contributed by atoms with E-state index in [2.05, 4.69) is 10.2 Å². The quantitative estimate of drug-likeness (QED) is 0.779. The summed E-state index contributed by atoms with van der Waals surface area (Å²) in [6, 6.07) is 0. The molecule has 118 valence electrons. The lowest BCUT2D eigenvalue weighted by molar-refractivity contribution is -0.133. The zero-order valence-electron chi connectivity index (χ0n) is 12.0. The number of aliphatic carboxylic acids is 1. The molecule has 1 aromatic rings. The molecule has 0 spiro atoms. The highest BCUT2D eigenvalue weighted by atomic mass is 32.2. The van der Waals surface area contributed by atoms with E-state index < -0.39 is 21.1 Å². The molecule has 0 aromatic carbocycles. The Morgan fingerprint density at radius 2 is 2.19 bits per heavy atom. The second kappa shape index (κ2) is 6.35. The molecule has 2 rings (SSSR count). The third kappa shape index (κ3) is 3.76. The summed E-state index contributed by atoms with van der Waals surface area (Å²) in [6.45, 7) is 4.22. The van der Waals surface area contributed by atoms with Crippen LogP contribution in [-0.2, 0) is 21.2 Å². The second-order valence-corrected chi connectivity index (χ2v) is 8.76. The van der Waals surface area contributed by atoms with Crippen molar-refractivity contribution < 1.29 is 18.3 Å². The maximum atomic E-state index is 12.0. The number of carboxylic acids is 1. The van der Waals surface area contributed by atoms with E-state index in [0.717, 1.165) is 11.8 Å². The van der Waals surface area contributed by atoms with Gasteiger partial charge in [-0.1, -0.05) is 25.6 Å². The summed E-state index contributed by atoms with van der Waals surface area (Å²) in [6.07, 6.45) is 1.32. The van der Waals surface area contributed by atoms with E-state index in [1.165, 1.54) is 0 Å². The van der Waals surface area contributed by atoms with Crippen molar-refractivity contribution >= 4 is 27.6 Å². The molecule has 7 nitrogen and oxygen atoms in total. The van der Waals surface area contributed by atoms with Gasteiger partial charge in [-0.2, -0.15) is 0 Å². The molecule has 1 N–H and O–H groups in total. The number of carboxylic acid groups (broad SMARTS) is 1. The van der Waals surface area contributed by atoms with Crippen molar-refractivity contribution in [3.63, 3.8) is 0 Å². The van der Waals surface area contributed by atoms with Gasteiger partial charge < -0.3 is 9.67 Å². The van der Waals surface area contributed by atoms with Gasteiger partial charge in [0.25, 0.3) is 0 Å². The number of thioether (sulfide) groups is 1. The first-order valence-electron chi connectivity index (χ1n) is 6.80. The molecule has 1 atom stereocenters. The van der Waals surface area contributed by atoms with E-state index >= 15 is 0 Å². The fourth-order valence-corrected chi connectivity index (χ4v) is 4.88. The largest absolute Gasteiger partial charge is 0.481 e. The molecule has 0 bridgehead atoms. The van der Waals surface area contributed by atoms with Crippen LogP contribution in [0, 0.1) is 0 Å². The minimum Gasteiger partial charge on any atom is -0.481 e. The van der Waals surface area contributed by atoms with Crippen molar-refractivity contribution in [2.75, 3.05) is 11.5 Å². The molecule has 21 heavy (non-hydrogen) atoms. The summed E-state index contributed by atoms with van der Waals surface area (Å²) in [4.78, 5) is 10.7. The molecule has 2 heterocycles. The van der Waals surface area contributed by atoms with Crippen molar-refractivity contribution in [2.45, 2.75) is 49.6 Å². The normalized spacial score (nSPS) is 21.0. The molecule has 1 aromatic heterocycles. The van der Waals surface area contributed by atoms with Crippen molar-refractivity contribution in [3.8, 4) is 0 Å². The first-order chi connectivity index (χ1) is 9.81. The molecule has 0 radical (unpaired) electrons. The first kappa shape index (κ1) is 16.3. The number of sulfone groups is 1. The Labute approximate surface area is 128 Å². The predicted octanol–water partition coefficient (Wildman–Crippen LogP) is 1.16. The van der Waals surface area contributed by atoms with Crippen LogP contribution < -0.4 is 0 Å². The van der Waals surface area contributed by atoms with Gasteiger partial charge in [0.2, 0.25) is 0 Å². The average molecular weight is 333 g/mol. The molecule has 1 aliphatic rings. The SMILES string of the molecule is CC(C)c1nnc(SCC(=O)O)n1CC1CCCS1(=O)=O. The second-order valence-electron chi connectivity index (χ2n) is 5.42. The molecular formula is C12H19N3O4S2. The predicted molar refractivity (Wildman–Crippen MR) is 79.3 cm³/mol. The topological polar surface area (TPSA) is 102 Å². The van der Waals surface area contributed by atoms with Gasteiger partial charge in [-0.25, -0.2) is 8.42 Å². The molecule has 1 aliphatic heterocycles. The van der Waals surface area contributed by atoms with Gasteiger partial charge in [-0.05, 0) is 12.8 Å². The Morgan fingerprint density at radius 3 is 2.71 bits per heavy atom. The van der Waals surface area contributed by atoms with Crippen LogP contribution in [0.1, 0.15) is 38.4 Å². The van der Waals surface area contributed by atoms with Crippen LogP contribution in [0.4, 0.5) is 0 Å². The molecular weight excluding hydrogens is 314 g/mol. The van der Waals surface area contributed by atoms with Gasteiger partial charge >= 0.3 is 5.97 Å². The number of hydrogen-bond donors (Lipinski definition) is 1. The highest BCUT2D eigenvalue weighted by Gasteiger charge is 2.33. The van der Waals surface area contributed by atoms with Gasteiger partial charge in [0.1, 0.15) is 5.82 Å². The smallest absolute Gasteiger partial charge is 0.313 e. The van der Waals surface area contributed by atoms with Crippen LogP contribution >= 0.6 is 11.8 Å². The minimum atomic E-state index is -3.06. The number of hydrogen-bond acceptors (Lipinski definition) is 6. The van der Waals surface area contributed by atoms with Gasteiger partial charge in [0, 0.05) is 12.5 Å². The van der Waals surface area contributed by atoms with E-state index in [-0.39, 0.29) is 17.4 Å². The fourth-order valence-electron chi connectivity index (χ4n) is 2.40. The summed E-state index contributed by atoms with van der Waals surface area (Å²) >= 11 is 1.07. The zero-order chi connectivity index (χ0) is 15.6. The lowest BCUT2D eigenvalue weighted by atomic mass is 10.2. The lowest BCUT2D eigenvalue weighted by Crippen LogP contribution is -2.24. The number of aromatic nitrogens is 3. The van der Waals surface area contributed by atoms with E-state index in [1.807, 2.05) is 13.8 Å². The van der Waals surface area contributed by atoms with Crippen LogP contribution in [0.2, 0.25) is 0 Å². The van der Waals surface area contributed by atoms with Crippen LogP contribution in [0.25, 0.3) is 0 Å². The highest BCUT2D eigenvalue weighted by Crippen LogP contribution is 2.27. The van der Waals surface area contributed by atoms with Crippen molar-refractivity contribution in [1.29, 1.82) is 0 Å². The molecule has 1 fully saturated rings. The van der Waals surface area contributed by atoms with E-state index in [1.54, 1.807) is 4.57 Å². The van der Waals surface area contributed by atoms with Crippen molar-refractivity contribution in [3.05, 3.63) is 5.82 Å². The lowest BCUT2D eigenvalue weighted by Gasteiger charge is -2.15. The highest BCUT2D eigenvalue weighted by molar-refractivity contribution is 7.99. The Hall–Kier alpha value is -1.09. The van der Waals surface area contributed by atoms with E-state index in [9.17, 15) is 13.2 Å². The van der Waals surface area contributed by atoms with E-state index in [0.29, 0.717) is 30.4 Å². The fraction of sp³-hybridized carbons (Fsp3) is 0.750. The summed E-state index contributed by atoms with van der Waals surface area (Å²) in [7, 11) is -3.06. The molecule has 9 heteroatoms. The Bertz CT molecular complexity index is 624.